The Morgan fingerprint density at radius 1 is 0.964 bits per heavy atom. The predicted molar refractivity (Wildman–Crippen MR) is 115 cm³/mol. The Labute approximate surface area is 171 Å². The van der Waals surface area contributed by atoms with Crippen molar-refractivity contribution in [3.05, 3.63) is 60.2 Å². The number of aryl methyl sites for hydroxylation is 1. The lowest BCUT2D eigenvalue weighted by molar-refractivity contribution is 0.600. The second-order valence-corrected chi connectivity index (χ2v) is 9.14. The number of hydrogen-bond donors (Lipinski definition) is 1. The molecule has 0 fully saturated rings. The smallest absolute Gasteiger partial charge is 0.246 e. The molecule has 1 aromatic heterocycles. The van der Waals surface area contributed by atoms with E-state index in [4.69, 9.17) is 0 Å². The highest BCUT2D eigenvalue weighted by molar-refractivity contribution is 7.92. The summed E-state index contributed by atoms with van der Waals surface area (Å²) >= 11 is 1.17. The Bertz CT molecular complexity index is 986. The second-order valence-electron chi connectivity index (χ2n) is 6.71. The number of hydrogen-bond acceptors (Lipinski definition) is 5. The monoisotopic (exact) mass is 415 g/mol. The lowest BCUT2D eigenvalue weighted by atomic mass is 10.1. The van der Waals surface area contributed by atoms with E-state index in [0.29, 0.717) is 5.01 Å². The highest BCUT2D eigenvalue weighted by Gasteiger charge is 2.17. The molecule has 0 saturated heterocycles. The van der Waals surface area contributed by atoms with Crippen LogP contribution >= 0.6 is 11.5 Å². The van der Waals surface area contributed by atoms with Crippen molar-refractivity contribution in [3.63, 3.8) is 0 Å². The summed E-state index contributed by atoms with van der Waals surface area (Å²) in [5, 5.41) is 0.680. The first kappa shape index (κ1) is 20.5. The Morgan fingerprint density at radius 2 is 1.75 bits per heavy atom. The van der Waals surface area contributed by atoms with Crippen molar-refractivity contribution in [3.8, 4) is 10.6 Å². The molecule has 0 bridgehead atoms. The number of sulfonamides is 1. The van der Waals surface area contributed by atoms with Gasteiger partial charge in [0, 0.05) is 5.56 Å². The number of rotatable bonds is 10. The molecule has 1 heterocycles. The van der Waals surface area contributed by atoms with E-state index in [1.54, 1.807) is 18.2 Å². The van der Waals surface area contributed by atoms with E-state index in [9.17, 15) is 8.42 Å². The van der Waals surface area contributed by atoms with Gasteiger partial charge in [-0.15, -0.1) is 0 Å². The van der Waals surface area contributed by atoms with Gasteiger partial charge in [0.25, 0.3) is 10.0 Å². The summed E-state index contributed by atoms with van der Waals surface area (Å²) in [5.41, 5.74) is 1.95. The van der Waals surface area contributed by atoms with Gasteiger partial charge in [-0.05, 0) is 42.1 Å². The van der Waals surface area contributed by atoms with Crippen molar-refractivity contribution in [1.29, 1.82) is 0 Å². The van der Waals surface area contributed by atoms with Crippen molar-refractivity contribution < 1.29 is 8.42 Å². The van der Waals surface area contributed by atoms with Gasteiger partial charge < -0.3 is 0 Å². The van der Waals surface area contributed by atoms with Gasteiger partial charge >= 0.3 is 0 Å². The average molecular weight is 416 g/mol. The molecule has 148 valence electrons. The molecule has 0 aliphatic carbocycles. The molecule has 0 saturated carbocycles. The Hall–Kier alpha value is -2.25. The van der Waals surface area contributed by atoms with Crippen LogP contribution in [0.25, 0.3) is 10.6 Å². The van der Waals surface area contributed by atoms with Gasteiger partial charge in [-0.2, -0.15) is 9.36 Å². The van der Waals surface area contributed by atoms with Gasteiger partial charge in [0.05, 0.1) is 4.90 Å². The number of benzene rings is 2. The third-order valence-electron chi connectivity index (χ3n) is 4.45. The first-order valence-corrected chi connectivity index (χ1v) is 11.8. The van der Waals surface area contributed by atoms with E-state index in [2.05, 4.69) is 21.0 Å². The maximum atomic E-state index is 12.7. The van der Waals surface area contributed by atoms with E-state index in [0.717, 1.165) is 24.0 Å². The maximum Gasteiger partial charge on any atom is 0.264 e. The molecule has 5 nitrogen and oxygen atoms in total. The molecule has 0 aliphatic rings. The van der Waals surface area contributed by atoms with E-state index in [-0.39, 0.29) is 10.8 Å². The average Bonchev–Trinajstić information content (AvgIpc) is 3.16. The Balaban J connectivity index is 1.66. The first-order chi connectivity index (χ1) is 13.6. The van der Waals surface area contributed by atoms with Crippen molar-refractivity contribution in [1.82, 2.24) is 9.36 Å². The second kappa shape index (κ2) is 9.80. The highest BCUT2D eigenvalue weighted by atomic mass is 32.2. The summed E-state index contributed by atoms with van der Waals surface area (Å²) in [6, 6.07) is 16.7. The van der Waals surface area contributed by atoms with Crippen LogP contribution < -0.4 is 4.72 Å². The molecule has 3 aromatic rings. The zero-order valence-corrected chi connectivity index (χ0v) is 17.6. The van der Waals surface area contributed by atoms with Gasteiger partial charge in [-0.25, -0.2) is 13.1 Å². The molecule has 0 atom stereocenters. The van der Waals surface area contributed by atoms with Crippen LogP contribution in [0, 0.1) is 0 Å². The third-order valence-corrected chi connectivity index (χ3v) is 6.54. The van der Waals surface area contributed by atoms with E-state index in [1.165, 1.54) is 37.2 Å². The minimum atomic E-state index is -3.71. The Morgan fingerprint density at radius 3 is 2.54 bits per heavy atom. The summed E-state index contributed by atoms with van der Waals surface area (Å²) in [4.78, 5) is 4.55. The van der Waals surface area contributed by atoms with Crippen LogP contribution in [0.15, 0.2) is 59.5 Å². The van der Waals surface area contributed by atoms with Crippen molar-refractivity contribution in [2.45, 2.75) is 50.3 Å². The molecule has 0 radical (unpaired) electrons. The van der Waals surface area contributed by atoms with Crippen LogP contribution in [-0.2, 0) is 16.4 Å². The first-order valence-electron chi connectivity index (χ1n) is 9.59. The van der Waals surface area contributed by atoms with E-state index < -0.39 is 10.0 Å². The molecule has 0 spiro atoms. The summed E-state index contributed by atoms with van der Waals surface area (Å²) in [7, 11) is -3.71. The zero-order valence-electron chi connectivity index (χ0n) is 16.0. The molecule has 0 unspecified atom stereocenters. The van der Waals surface area contributed by atoms with Crippen LogP contribution in [0.4, 0.5) is 5.95 Å². The molecule has 7 heteroatoms. The molecular formula is C21H25N3O2S2. The largest absolute Gasteiger partial charge is 0.264 e. The van der Waals surface area contributed by atoms with Crippen LogP contribution in [0.1, 0.15) is 44.6 Å². The summed E-state index contributed by atoms with van der Waals surface area (Å²) in [5.74, 6) is 0.105. The SMILES string of the molecule is CCCCCCCc1cccc(S(=O)(=O)Nc2nsc(-c3ccccc3)n2)c1. The van der Waals surface area contributed by atoms with Crippen molar-refractivity contribution >= 4 is 27.5 Å². The summed E-state index contributed by atoms with van der Waals surface area (Å²) in [6.07, 6.45) is 6.84. The standard InChI is InChI=1S/C21H25N3O2S2/c1-2-3-4-5-7-11-17-12-10-15-19(16-17)28(25,26)24-21-22-20(27-23-21)18-13-8-6-9-14-18/h6,8-10,12-16H,2-5,7,11H2,1H3,(H,23,24). The fourth-order valence-corrected chi connectivity index (χ4v) is 4.64. The van der Waals surface area contributed by atoms with Crippen LogP contribution in [0.3, 0.4) is 0 Å². The normalized spacial score (nSPS) is 11.5. The van der Waals surface area contributed by atoms with Crippen LogP contribution in [0.5, 0.6) is 0 Å². The van der Waals surface area contributed by atoms with Gasteiger partial charge in [0.2, 0.25) is 5.95 Å². The molecule has 2 aromatic carbocycles. The minimum absolute atomic E-state index is 0.105. The fraction of sp³-hybridized carbons (Fsp3) is 0.333. The summed E-state index contributed by atoms with van der Waals surface area (Å²) in [6.45, 7) is 2.20. The number of aromatic nitrogens is 2. The van der Waals surface area contributed by atoms with Gasteiger partial charge in [0.15, 0.2) is 0 Å². The lowest BCUT2D eigenvalue weighted by Crippen LogP contribution is -2.14. The van der Waals surface area contributed by atoms with Crippen LogP contribution in [0.2, 0.25) is 0 Å². The minimum Gasteiger partial charge on any atom is -0.246 e. The number of unbranched alkanes of at least 4 members (excludes halogenated alkanes) is 4. The van der Waals surface area contributed by atoms with Crippen molar-refractivity contribution in [2.75, 3.05) is 4.72 Å². The zero-order chi connectivity index (χ0) is 19.8. The molecular weight excluding hydrogens is 390 g/mol. The third kappa shape index (κ3) is 5.62. The molecule has 0 aliphatic heterocycles. The Kier molecular flexibility index (Phi) is 7.17. The lowest BCUT2D eigenvalue weighted by Gasteiger charge is -2.07. The molecule has 3 rings (SSSR count). The van der Waals surface area contributed by atoms with Gasteiger partial charge in [-0.3, -0.25) is 0 Å². The number of nitrogens with zero attached hydrogens (tertiary/aromatic N) is 2. The van der Waals surface area contributed by atoms with Gasteiger partial charge in [-0.1, -0.05) is 75.1 Å². The van der Waals surface area contributed by atoms with E-state index in [1.807, 2.05) is 36.4 Å². The quantitative estimate of drug-likeness (QED) is 0.443. The highest BCUT2D eigenvalue weighted by Crippen LogP contribution is 2.24. The molecule has 28 heavy (non-hydrogen) atoms. The molecule has 1 N–H and O–H groups in total. The topological polar surface area (TPSA) is 72.0 Å². The van der Waals surface area contributed by atoms with Gasteiger partial charge in [0.1, 0.15) is 5.01 Å². The van der Waals surface area contributed by atoms with E-state index >= 15 is 0 Å². The van der Waals surface area contributed by atoms with Crippen LogP contribution in [-0.4, -0.2) is 17.8 Å². The molecule has 0 amide bonds. The van der Waals surface area contributed by atoms with Crippen molar-refractivity contribution in [2.24, 2.45) is 0 Å². The predicted octanol–water partition coefficient (Wildman–Crippen LogP) is 5.52. The number of nitrogens with one attached hydrogen (secondary N) is 1. The number of anilines is 1. The maximum absolute atomic E-state index is 12.7. The fourth-order valence-electron chi connectivity index (χ4n) is 2.94. The summed E-state index contributed by atoms with van der Waals surface area (Å²) < 4.78 is 32.1.